The first-order valence-electron chi connectivity index (χ1n) is 7.10. The average Bonchev–Trinajstić information content (AvgIpc) is 2.59. The van der Waals surface area contributed by atoms with Gasteiger partial charge in [0.2, 0.25) is 0 Å². The maximum absolute atomic E-state index is 10.3. The molecule has 0 unspecified atom stereocenters. The van der Waals surface area contributed by atoms with Crippen molar-refractivity contribution >= 4 is 34.3 Å². The molecule has 0 saturated heterocycles. The van der Waals surface area contributed by atoms with Crippen LogP contribution < -0.4 is 11.5 Å². The van der Waals surface area contributed by atoms with Gasteiger partial charge in [-0.25, -0.2) is 0 Å². The van der Waals surface area contributed by atoms with Gasteiger partial charge in [-0.05, 0) is 72.8 Å². The predicted octanol–water partition coefficient (Wildman–Crippen LogP) is 3.52. The number of hydrogen-bond donors (Lipinski definition) is 2. The molecule has 0 fully saturated rings. The van der Waals surface area contributed by atoms with E-state index in [1.807, 2.05) is 24.3 Å². The van der Waals surface area contributed by atoms with E-state index < -0.39 is 0 Å². The molecule has 0 bridgehead atoms. The summed E-state index contributed by atoms with van der Waals surface area (Å²) in [5, 5.41) is 8.15. The van der Waals surface area contributed by atoms with Crippen LogP contribution >= 0.6 is 0 Å². The van der Waals surface area contributed by atoms with Gasteiger partial charge in [-0.3, -0.25) is 9.59 Å². The third-order valence-electron chi connectivity index (χ3n) is 2.89. The summed E-state index contributed by atoms with van der Waals surface area (Å²) < 4.78 is 0. The van der Waals surface area contributed by atoms with Crippen LogP contribution in [0.3, 0.4) is 0 Å². The number of carbonyl (C=O) groups excluding carboxylic acids is 2. The number of ketones is 2. The Labute approximate surface area is 139 Å². The normalized spacial score (nSPS) is 13.0. The second kappa shape index (κ2) is 8.19. The predicted molar refractivity (Wildman–Crippen MR) is 94.2 cm³/mol. The molecule has 6 heteroatoms. The van der Waals surface area contributed by atoms with Gasteiger partial charge in [0.05, 0.1) is 11.4 Å². The number of allylic oxidation sites excluding steroid dienone is 4. The molecule has 1 aliphatic carbocycles. The van der Waals surface area contributed by atoms with Crippen molar-refractivity contribution in [2.75, 3.05) is 11.5 Å². The molecule has 2 aromatic rings. The number of azo groups is 1. The van der Waals surface area contributed by atoms with Crippen LogP contribution in [0.1, 0.15) is 0 Å². The molecule has 0 aliphatic heterocycles. The quantitative estimate of drug-likeness (QED) is 0.501. The monoisotopic (exact) mass is 320 g/mol. The molecule has 24 heavy (non-hydrogen) atoms. The molecule has 3 rings (SSSR count). The van der Waals surface area contributed by atoms with E-state index in [4.69, 9.17) is 11.5 Å². The van der Waals surface area contributed by atoms with Crippen molar-refractivity contribution < 1.29 is 9.59 Å². The van der Waals surface area contributed by atoms with Gasteiger partial charge < -0.3 is 11.5 Å². The zero-order chi connectivity index (χ0) is 17.4. The van der Waals surface area contributed by atoms with Crippen molar-refractivity contribution in [3.63, 3.8) is 0 Å². The Morgan fingerprint density at radius 1 is 0.542 bits per heavy atom. The largest absolute Gasteiger partial charge is 0.399 e. The highest BCUT2D eigenvalue weighted by molar-refractivity contribution is 6.14. The van der Waals surface area contributed by atoms with Crippen LogP contribution in [0.2, 0.25) is 0 Å². The Morgan fingerprint density at radius 2 is 0.833 bits per heavy atom. The molecule has 0 radical (unpaired) electrons. The molecule has 0 amide bonds. The van der Waals surface area contributed by atoms with Crippen molar-refractivity contribution in [1.29, 1.82) is 0 Å². The summed E-state index contributed by atoms with van der Waals surface area (Å²) >= 11 is 0. The number of rotatable bonds is 2. The molecule has 0 heterocycles. The van der Waals surface area contributed by atoms with E-state index in [1.54, 1.807) is 24.3 Å². The number of anilines is 2. The van der Waals surface area contributed by atoms with E-state index in [9.17, 15) is 9.59 Å². The van der Waals surface area contributed by atoms with Crippen LogP contribution in [-0.2, 0) is 9.59 Å². The number of carbonyl (C=O) groups is 2. The van der Waals surface area contributed by atoms with Gasteiger partial charge >= 0.3 is 0 Å². The lowest BCUT2D eigenvalue weighted by molar-refractivity contribution is -0.113. The Morgan fingerprint density at radius 3 is 1.12 bits per heavy atom. The molecule has 4 N–H and O–H groups in total. The van der Waals surface area contributed by atoms with Gasteiger partial charge in [-0.15, -0.1) is 0 Å². The molecular weight excluding hydrogens is 304 g/mol. The van der Waals surface area contributed by atoms with E-state index in [-0.39, 0.29) is 11.6 Å². The summed E-state index contributed by atoms with van der Waals surface area (Å²) in [6.45, 7) is 0. The number of nitrogens with zero attached hydrogens (tertiary/aromatic N) is 2. The minimum Gasteiger partial charge on any atom is -0.399 e. The molecule has 2 aromatic carbocycles. The highest BCUT2D eigenvalue weighted by Gasteiger charge is 1.98. The number of benzene rings is 2. The molecule has 6 nitrogen and oxygen atoms in total. The number of nitrogen functional groups attached to an aromatic ring is 2. The standard InChI is InChI=1S/C12H12N4.C6H4O2/c13-9-1-5-11(6-2-9)15-16-12-7-3-10(14)4-8-12;7-5-1-2-6(8)4-3-5/h1-8H,13-14H2;1-4H. The summed E-state index contributed by atoms with van der Waals surface area (Å²) in [4.78, 5) is 20.6. The van der Waals surface area contributed by atoms with Crippen molar-refractivity contribution in [2.45, 2.75) is 0 Å². The van der Waals surface area contributed by atoms with E-state index in [0.717, 1.165) is 11.4 Å². The first-order chi connectivity index (χ1) is 11.5. The van der Waals surface area contributed by atoms with Crippen LogP contribution in [-0.4, -0.2) is 11.6 Å². The zero-order valence-corrected chi connectivity index (χ0v) is 12.8. The van der Waals surface area contributed by atoms with E-state index in [2.05, 4.69) is 10.2 Å². The van der Waals surface area contributed by atoms with Gasteiger partial charge in [-0.2, -0.15) is 10.2 Å². The third kappa shape index (κ3) is 5.69. The minimum absolute atomic E-state index is 0.121. The first kappa shape index (κ1) is 16.8. The topological polar surface area (TPSA) is 111 Å². The van der Waals surface area contributed by atoms with Crippen LogP contribution in [0.25, 0.3) is 0 Å². The smallest absolute Gasteiger partial charge is 0.178 e. The van der Waals surface area contributed by atoms with Crippen LogP contribution in [0.15, 0.2) is 83.1 Å². The van der Waals surface area contributed by atoms with Gasteiger partial charge in [0.1, 0.15) is 0 Å². The lowest BCUT2D eigenvalue weighted by Crippen LogP contribution is -1.97. The summed E-state index contributed by atoms with van der Waals surface area (Å²) in [5.41, 5.74) is 14.1. The van der Waals surface area contributed by atoms with Crippen LogP contribution in [0, 0.1) is 0 Å². The summed E-state index contributed by atoms with van der Waals surface area (Å²) in [5.74, 6) is -0.241. The molecule has 1 aliphatic rings. The maximum atomic E-state index is 10.3. The Balaban J connectivity index is 0.000000219. The highest BCUT2D eigenvalue weighted by atomic mass is 16.1. The Hall–Kier alpha value is -3.54. The fourth-order valence-corrected chi connectivity index (χ4v) is 1.64. The molecule has 0 atom stereocenters. The zero-order valence-electron chi connectivity index (χ0n) is 12.8. The van der Waals surface area contributed by atoms with Crippen LogP contribution in [0.5, 0.6) is 0 Å². The SMILES string of the molecule is Nc1ccc(N=Nc2ccc(N)cc2)cc1.O=C1C=CC(=O)C=C1. The van der Waals surface area contributed by atoms with Crippen molar-refractivity contribution in [3.8, 4) is 0 Å². The van der Waals surface area contributed by atoms with E-state index in [0.29, 0.717) is 11.4 Å². The summed E-state index contributed by atoms with van der Waals surface area (Å²) in [7, 11) is 0. The number of nitrogens with two attached hydrogens (primary N) is 2. The Kier molecular flexibility index (Phi) is 5.74. The minimum atomic E-state index is -0.121. The molecule has 120 valence electrons. The fraction of sp³-hybridized carbons (Fsp3) is 0. The molecule has 0 saturated carbocycles. The average molecular weight is 320 g/mol. The second-order valence-electron chi connectivity index (χ2n) is 4.85. The molecular formula is C18H16N4O2. The lowest BCUT2D eigenvalue weighted by atomic mass is 10.2. The maximum Gasteiger partial charge on any atom is 0.178 e. The highest BCUT2D eigenvalue weighted by Crippen LogP contribution is 2.19. The summed E-state index contributed by atoms with van der Waals surface area (Å²) in [6, 6.07) is 14.4. The Bertz CT molecular complexity index is 718. The van der Waals surface area contributed by atoms with Crippen molar-refractivity contribution in [3.05, 3.63) is 72.8 Å². The van der Waals surface area contributed by atoms with E-state index in [1.165, 1.54) is 24.3 Å². The summed E-state index contributed by atoms with van der Waals surface area (Å²) in [6.07, 6.45) is 5.01. The first-order valence-corrected chi connectivity index (χ1v) is 7.10. The number of hydrogen-bond acceptors (Lipinski definition) is 6. The molecule has 0 spiro atoms. The van der Waals surface area contributed by atoms with Gasteiger partial charge in [-0.1, -0.05) is 0 Å². The van der Waals surface area contributed by atoms with Gasteiger partial charge in [0.25, 0.3) is 0 Å². The fourth-order valence-electron chi connectivity index (χ4n) is 1.64. The third-order valence-corrected chi connectivity index (χ3v) is 2.89. The van der Waals surface area contributed by atoms with E-state index >= 15 is 0 Å². The second-order valence-corrected chi connectivity index (χ2v) is 4.85. The lowest BCUT2D eigenvalue weighted by Gasteiger charge is -1.95. The van der Waals surface area contributed by atoms with Crippen molar-refractivity contribution in [1.82, 2.24) is 0 Å². The van der Waals surface area contributed by atoms with Gasteiger partial charge in [0.15, 0.2) is 11.6 Å². The molecule has 0 aromatic heterocycles. The van der Waals surface area contributed by atoms with Gasteiger partial charge in [0, 0.05) is 11.4 Å². The van der Waals surface area contributed by atoms with Crippen molar-refractivity contribution in [2.24, 2.45) is 10.2 Å². The van der Waals surface area contributed by atoms with Crippen LogP contribution in [0.4, 0.5) is 22.7 Å².